The molecule has 15 heavy (non-hydrogen) atoms. The molecule has 1 nitrogen and oxygen atoms in total. The molecule has 0 aromatic heterocycles. The van der Waals surface area contributed by atoms with Gasteiger partial charge in [-0.15, -0.1) is 0 Å². The summed E-state index contributed by atoms with van der Waals surface area (Å²) in [6, 6.07) is 5.92. The molecule has 1 saturated carbocycles. The number of aryl methyl sites for hydroxylation is 1. The fourth-order valence-electron chi connectivity index (χ4n) is 2.15. The van der Waals surface area contributed by atoms with Crippen molar-refractivity contribution in [3.63, 3.8) is 0 Å². The highest BCUT2D eigenvalue weighted by Gasteiger charge is 2.14. The predicted octanol–water partition coefficient (Wildman–Crippen LogP) is 4.36. The van der Waals surface area contributed by atoms with Crippen molar-refractivity contribution in [1.29, 1.82) is 0 Å². The third-order valence-electron chi connectivity index (χ3n) is 2.87. The van der Waals surface area contributed by atoms with Crippen molar-refractivity contribution < 1.29 is 4.74 Å². The van der Waals surface area contributed by atoms with Gasteiger partial charge in [-0.1, -0.05) is 18.0 Å². The molecule has 0 spiro atoms. The highest BCUT2D eigenvalue weighted by atomic mass is 35.5. The van der Waals surface area contributed by atoms with E-state index in [1.807, 2.05) is 19.1 Å². The third kappa shape index (κ3) is 3.13. The van der Waals surface area contributed by atoms with Crippen molar-refractivity contribution in [2.75, 3.05) is 0 Å². The van der Waals surface area contributed by atoms with Gasteiger partial charge in [0.05, 0.1) is 6.10 Å². The predicted molar refractivity (Wildman–Crippen MR) is 63.7 cm³/mol. The molecule has 1 aromatic rings. The molecule has 1 aliphatic carbocycles. The summed E-state index contributed by atoms with van der Waals surface area (Å²) in [7, 11) is 0. The number of hydrogen-bond donors (Lipinski definition) is 0. The average molecular weight is 225 g/mol. The first kappa shape index (κ1) is 10.8. The van der Waals surface area contributed by atoms with E-state index in [9.17, 15) is 0 Å². The van der Waals surface area contributed by atoms with Crippen molar-refractivity contribution in [3.8, 4) is 5.75 Å². The molecule has 0 unspecified atom stereocenters. The topological polar surface area (TPSA) is 9.23 Å². The highest BCUT2D eigenvalue weighted by Crippen LogP contribution is 2.26. The van der Waals surface area contributed by atoms with Crippen LogP contribution in [0, 0.1) is 6.92 Å². The Morgan fingerprint density at radius 1 is 1.13 bits per heavy atom. The van der Waals surface area contributed by atoms with Gasteiger partial charge in [0.15, 0.2) is 0 Å². The summed E-state index contributed by atoms with van der Waals surface area (Å²) in [5, 5.41) is 0.765. The second kappa shape index (κ2) is 4.89. The molecule has 0 aliphatic heterocycles. The van der Waals surface area contributed by atoms with Crippen LogP contribution in [0.5, 0.6) is 5.75 Å². The molecule has 0 saturated heterocycles. The Balaban J connectivity index is 2.02. The monoisotopic (exact) mass is 224 g/mol. The molecule has 2 rings (SSSR count). The number of rotatable bonds is 2. The Hall–Kier alpha value is -0.690. The van der Waals surface area contributed by atoms with Crippen LogP contribution in [0.25, 0.3) is 0 Å². The fourth-order valence-corrected chi connectivity index (χ4v) is 2.43. The second-order valence-corrected chi connectivity index (χ2v) is 4.78. The number of hydrogen-bond acceptors (Lipinski definition) is 1. The van der Waals surface area contributed by atoms with E-state index in [0.717, 1.165) is 16.3 Å². The smallest absolute Gasteiger partial charge is 0.121 e. The van der Waals surface area contributed by atoms with Gasteiger partial charge in [0.2, 0.25) is 0 Å². The molecule has 1 fully saturated rings. The summed E-state index contributed by atoms with van der Waals surface area (Å²) in [5.41, 5.74) is 1.16. The lowest BCUT2D eigenvalue weighted by molar-refractivity contribution is 0.155. The minimum absolute atomic E-state index is 0.400. The van der Waals surface area contributed by atoms with Crippen LogP contribution in [-0.2, 0) is 0 Å². The van der Waals surface area contributed by atoms with Crippen molar-refractivity contribution >= 4 is 11.6 Å². The molecule has 0 atom stereocenters. The van der Waals surface area contributed by atoms with Gasteiger partial charge in [-0.05, 0) is 56.4 Å². The van der Waals surface area contributed by atoms with E-state index >= 15 is 0 Å². The Kier molecular flexibility index (Phi) is 3.53. The zero-order valence-electron chi connectivity index (χ0n) is 9.13. The van der Waals surface area contributed by atoms with Crippen molar-refractivity contribution in [2.45, 2.75) is 45.1 Å². The summed E-state index contributed by atoms with van der Waals surface area (Å²) in [4.78, 5) is 0. The van der Waals surface area contributed by atoms with Crippen LogP contribution in [-0.4, -0.2) is 6.10 Å². The number of benzene rings is 1. The number of halogens is 1. The van der Waals surface area contributed by atoms with Gasteiger partial charge in [-0.2, -0.15) is 0 Å². The largest absolute Gasteiger partial charge is 0.490 e. The summed E-state index contributed by atoms with van der Waals surface area (Å²) in [6.07, 6.45) is 6.72. The lowest BCUT2D eigenvalue weighted by Crippen LogP contribution is -2.19. The van der Waals surface area contributed by atoms with Gasteiger partial charge >= 0.3 is 0 Å². The minimum atomic E-state index is 0.400. The van der Waals surface area contributed by atoms with E-state index in [2.05, 4.69) is 6.07 Å². The van der Waals surface area contributed by atoms with Crippen molar-refractivity contribution in [1.82, 2.24) is 0 Å². The summed E-state index contributed by atoms with van der Waals surface area (Å²) >= 11 is 5.99. The zero-order chi connectivity index (χ0) is 10.7. The highest BCUT2D eigenvalue weighted by molar-refractivity contribution is 6.30. The average Bonchev–Trinajstić information content (AvgIpc) is 2.17. The molecule has 1 aromatic carbocycles. The standard InChI is InChI=1S/C13H17ClO/c1-10-7-11(14)9-13(8-10)15-12-5-3-2-4-6-12/h7-9,12H,2-6H2,1H3. The van der Waals surface area contributed by atoms with Gasteiger partial charge in [0.25, 0.3) is 0 Å². The van der Waals surface area contributed by atoms with E-state index < -0.39 is 0 Å². The minimum Gasteiger partial charge on any atom is -0.490 e. The van der Waals surface area contributed by atoms with Gasteiger partial charge in [-0.25, -0.2) is 0 Å². The SMILES string of the molecule is Cc1cc(Cl)cc(OC2CCCCC2)c1. The van der Waals surface area contributed by atoms with Crippen LogP contribution < -0.4 is 4.74 Å². The second-order valence-electron chi connectivity index (χ2n) is 4.34. The molecule has 0 N–H and O–H groups in total. The molecule has 1 aliphatic rings. The first-order valence-electron chi connectivity index (χ1n) is 5.68. The van der Waals surface area contributed by atoms with E-state index in [1.165, 1.54) is 32.1 Å². The van der Waals surface area contributed by atoms with Crippen LogP contribution in [0.1, 0.15) is 37.7 Å². The summed E-state index contributed by atoms with van der Waals surface area (Å²) in [6.45, 7) is 2.04. The van der Waals surface area contributed by atoms with Gasteiger partial charge in [0, 0.05) is 5.02 Å². The molecule has 82 valence electrons. The molecule has 0 heterocycles. The van der Waals surface area contributed by atoms with Crippen LogP contribution in [0.15, 0.2) is 18.2 Å². The molecule has 0 bridgehead atoms. The van der Waals surface area contributed by atoms with Gasteiger partial charge in [-0.3, -0.25) is 0 Å². The molecule has 0 amide bonds. The van der Waals surface area contributed by atoms with Gasteiger partial charge in [0.1, 0.15) is 5.75 Å². The molecular formula is C13H17ClO. The summed E-state index contributed by atoms with van der Waals surface area (Å²) < 4.78 is 5.93. The maximum absolute atomic E-state index is 5.99. The Labute approximate surface area is 96.4 Å². The lowest BCUT2D eigenvalue weighted by atomic mass is 9.98. The Morgan fingerprint density at radius 3 is 2.53 bits per heavy atom. The third-order valence-corrected chi connectivity index (χ3v) is 3.09. The van der Waals surface area contributed by atoms with Crippen LogP contribution in [0.2, 0.25) is 5.02 Å². The van der Waals surface area contributed by atoms with E-state index in [4.69, 9.17) is 16.3 Å². The molecule has 0 radical (unpaired) electrons. The Morgan fingerprint density at radius 2 is 1.87 bits per heavy atom. The van der Waals surface area contributed by atoms with Crippen molar-refractivity contribution in [2.24, 2.45) is 0 Å². The Bertz CT molecular complexity index is 309. The first-order chi connectivity index (χ1) is 7.24. The maximum Gasteiger partial charge on any atom is 0.121 e. The fraction of sp³-hybridized carbons (Fsp3) is 0.538. The lowest BCUT2D eigenvalue weighted by Gasteiger charge is -2.23. The van der Waals surface area contributed by atoms with E-state index in [0.29, 0.717) is 6.10 Å². The molecule has 2 heteroatoms. The zero-order valence-corrected chi connectivity index (χ0v) is 9.89. The van der Waals surface area contributed by atoms with E-state index in [-0.39, 0.29) is 0 Å². The van der Waals surface area contributed by atoms with Crippen LogP contribution in [0.3, 0.4) is 0 Å². The maximum atomic E-state index is 5.99. The molecular weight excluding hydrogens is 208 g/mol. The normalized spacial score (nSPS) is 17.7. The van der Waals surface area contributed by atoms with Crippen LogP contribution in [0.4, 0.5) is 0 Å². The van der Waals surface area contributed by atoms with Gasteiger partial charge < -0.3 is 4.74 Å². The van der Waals surface area contributed by atoms with Crippen molar-refractivity contribution in [3.05, 3.63) is 28.8 Å². The van der Waals surface area contributed by atoms with E-state index in [1.54, 1.807) is 0 Å². The first-order valence-corrected chi connectivity index (χ1v) is 6.06. The summed E-state index contributed by atoms with van der Waals surface area (Å²) in [5.74, 6) is 0.923. The number of ether oxygens (including phenoxy) is 1. The quantitative estimate of drug-likeness (QED) is 0.725. The van der Waals surface area contributed by atoms with Crippen LogP contribution >= 0.6 is 11.6 Å².